The fourth-order valence-corrected chi connectivity index (χ4v) is 3.07. The molecule has 0 bridgehead atoms. The lowest BCUT2D eigenvalue weighted by Gasteiger charge is -2.00. The van der Waals surface area contributed by atoms with E-state index in [2.05, 4.69) is 4.98 Å². The van der Waals surface area contributed by atoms with Crippen LogP contribution in [0.3, 0.4) is 0 Å². The fraction of sp³-hybridized carbons (Fsp3) is 0. The van der Waals surface area contributed by atoms with E-state index < -0.39 is 5.82 Å². The summed E-state index contributed by atoms with van der Waals surface area (Å²) < 4.78 is 27.5. The predicted octanol–water partition coefficient (Wildman–Crippen LogP) is 4.89. The molecule has 90 valence electrons. The van der Waals surface area contributed by atoms with Crippen LogP contribution in [0.25, 0.3) is 20.8 Å². The third-order valence-electron chi connectivity index (χ3n) is 2.53. The number of fused-ring (bicyclic) bond motifs is 1. The van der Waals surface area contributed by atoms with Crippen LogP contribution in [-0.4, -0.2) is 4.98 Å². The van der Waals surface area contributed by atoms with Crippen LogP contribution < -0.4 is 0 Å². The van der Waals surface area contributed by atoms with E-state index in [4.69, 9.17) is 11.6 Å². The first-order valence-electron chi connectivity index (χ1n) is 5.15. The van der Waals surface area contributed by atoms with Crippen LogP contribution in [0, 0.1) is 11.6 Å². The van der Waals surface area contributed by atoms with Gasteiger partial charge in [-0.25, -0.2) is 13.8 Å². The Morgan fingerprint density at radius 1 is 1.11 bits per heavy atom. The standard InChI is InChI=1S/C13H6ClF2NS/c14-8-2-1-3-9(16)12(8)13-17-10-5-4-7(15)6-11(10)18-13/h1-6H. The lowest BCUT2D eigenvalue weighted by molar-refractivity contribution is 0.629. The first-order chi connectivity index (χ1) is 8.65. The Morgan fingerprint density at radius 3 is 2.72 bits per heavy atom. The molecule has 0 radical (unpaired) electrons. The highest BCUT2D eigenvalue weighted by Gasteiger charge is 2.14. The van der Waals surface area contributed by atoms with Crippen LogP contribution >= 0.6 is 22.9 Å². The number of nitrogens with zero attached hydrogens (tertiary/aromatic N) is 1. The number of halogens is 3. The summed E-state index contributed by atoms with van der Waals surface area (Å²) in [6.07, 6.45) is 0. The molecule has 3 aromatic rings. The van der Waals surface area contributed by atoms with Crippen LogP contribution in [-0.2, 0) is 0 Å². The number of thiazole rings is 1. The van der Waals surface area contributed by atoms with Gasteiger partial charge in [-0.15, -0.1) is 11.3 Å². The van der Waals surface area contributed by atoms with Crippen molar-refractivity contribution in [2.75, 3.05) is 0 Å². The van der Waals surface area contributed by atoms with Crippen molar-refractivity contribution in [3.63, 3.8) is 0 Å². The predicted molar refractivity (Wildman–Crippen MR) is 70.0 cm³/mol. The monoisotopic (exact) mass is 281 g/mol. The molecule has 1 nitrogen and oxygen atoms in total. The molecule has 5 heteroatoms. The van der Waals surface area contributed by atoms with E-state index in [0.29, 0.717) is 20.2 Å². The molecule has 0 atom stereocenters. The van der Waals surface area contributed by atoms with Gasteiger partial charge in [-0.1, -0.05) is 17.7 Å². The maximum Gasteiger partial charge on any atom is 0.134 e. The zero-order valence-electron chi connectivity index (χ0n) is 8.95. The molecule has 0 saturated heterocycles. The smallest absolute Gasteiger partial charge is 0.134 e. The molecule has 0 unspecified atom stereocenters. The Kier molecular flexibility index (Phi) is 2.76. The number of rotatable bonds is 1. The Bertz CT molecular complexity index is 719. The third kappa shape index (κ3) is 1.87. The van der Waals surface area contributed by atoms with E-state index in [1.807, 2.05) is 0 Å². The highest BCUT2D eigenvalue weighted by molar-refractivity contribution is 7.21. The molecule has 0 amide bonds. The third-order valence-corrected chi connectivity index (χ3v) is 3.88. The van der Waals surface area contributed by atoms with E-state index in [1.54, 1.807) is 12.1 Å². The second kappa shape index (κ2) is 4.30. The van der Waals surface area contributed by atoms with Crippen LogP contribution in [0.15, 0.2) is 36.4 Å². The van der Waals surface area contributed by atoms with Gasteiger partial charge < -0.3 is 0 Å². The molecule has 0 fully saturated rings. The minimum absolute atomic E-state index is 0.265. The highest BCUT2D eigenvalue weighted by Crippen LogP contribution is 2.36. The maximum atomic E-state index is 13.8. The lowest BCUT2D eigenvalue weighted by Crippen LogP contribution is -1.84. The Balaban J connectivity index is 2.26. The topological polar surface area (TPSA) is 12.9 Å². The Labute approximate surface area is 111 Å². The quantitative estimate of drug-likeness (QED) is 0.618. The van der Waals surface area contributed by atoms with E-state index in [1.165, 1.54) is 35.6 Å². The van der Waals surface area contributed by atoms with Gasteiger partial charge in [0.2, 0.25) is 0 Å². The SMILES string of the molecule is Fc1ccc2nc(-c3c(F)cccc3Cl)sc2c1. The minimum atomic E-state index is -0.429. The van der Waals surface area contributed by atoms with Gasteiger partial charge in [0, 0.05) is 0 Å². The molecule has 0 spiro atoms. The Morgan fingerprint density at radius 2 is 1.94 bits per heavy atom. The van der Waals surface area contributed by atoms with Crippen LogP contribution in [0.5, 0.6) is 0 Å². The number of hydrogen-bond acceptors (Lipinski definition) is 2. The van der Waals surface area contributed by atoms with Crippen molar-refractivity contribution in [3.8, 4) is 10.6 Å². The summed E-state index contributed by atoms with van der Waals surface area (Å²) in [4.78, 5) is 4.27. The largest absolute Gasteiger partial charge is 0.236 e. The van der Waals surface area contributed by atoms with Gasteiger partial charge in [0.25, 0.3) is 0 Å². The molecule has 1 aromatic heterocycles. The zero-order chi connectivity index (χ0) is 12.7. The first-order valence-corrected chi connectivity index (χ1v) is 6.35. The highest BCUT2D eigenvalue weighted by atomic mass is 35.5. The molecule has 3 rings (SSSR count). The minimum Gasteiger partial charge on any atom is -0.236 e. The molecular formula is C13H6ClF2NS. The summed E-state index contributed by atoms with van der Waals surface area (Å²) in [6.45, 7) is 0. The average Bonchev–Trinajstić information content (AvgIpc) is 2.71. The Hall–Kier alpha value is -1.52. The van der Waals surface area contributed by atoms with Crippen LogP contribution in [0.2, 0.25) is 5.02 Å². The summed E-state index contributed by atoms with van der Waals surface area (Å²) in [5.74, 6) is -0.764. The molecule has 18 heavy (non-hydrogen) atoms. The lowest BCUT2D eigenvalue weighted by atomic mass is 10.2. The summed E-state index contributed by atoms with van der Waals surface area (Å²) in [5, 5.41) is 0.758. The first kappa shape index (κ1) is 11.6. The van der Waals surface area contributed by atoms with E-state index in [-0.39, 0.29) is 11.4 Å². The summed E-state index contributed by atoms with van der Waals surface area (Å²) in [6, 6.07) is 8.74. The summed E-state index contributed by atoms with van der Waals surface area (Å²) >= 11 is 7.19. The van der Waals surface area contributed by atoms with Gasteiger partial charge in [0.05, 0.1) is 20.8 Å². The normalized spacial score (nSPS) is 11.1. The zero-order valence-corrected chi connectivity index (χ0v) is 10.5. The van der Waals surface area contributed by atoms with Crippen LogP contribution in [0.1, 0.15) is 0 Å². The molecule has 0 aliphatic heterocycles. The number of benzene rings is 2. The van der Waals surface area contributed by atoms with Gasteiger partial charge in [0.1, 0.15) is 16.6 Å². The van der Waals surface area contributed by atoms with Crippen molar-refractivity contribution in [2.24, 2.45) is 0 Å². The second-order valence-corrected chi connectivity index (χ2v) is 5.17. The molecule has 2 aromatic carbocycles. The summed E-state index contributed by atoms with van der Waals surface area (Å²) in [7, 11) is 0. The van der Waals surface area contributed by atoms with Crippen molar-refractivity contribution in [1.29, 1.82) is 0 Å². The van der Waals surface area contributed by atoms with Crippen LogP contribution in [0.4, 0.5) is 8.78 Å². The van der Waals surface area contributed by atoms with Gasteiger partial charge in [-0.2, -0.15) is 0 Å². The maximum absolute atomic E-state index is 13.8. The summed E-state index contributed by atoms with van der Waals surface area (Å²) in [5.41, 5.74) is 0.900. The van der Waals surface area contributed by atoms with E-state index in [9.17, 15) is 8.78 Å². The van der Waals surface area contributed by atoms with E-state index in [0.717, 1.165) is 0 Å². The molecule has 0 N–H and O–H groups in total. The van der Waals surface area contributed by atoms with Crippen molar-refractivity contribution in [3.05, 3.63) is 53.1 Å². The van der Waals surface area contributed by atoms with Crippen molar-refractivity contribution >= 4 is 33.2 Å². The second-order valence-electron chi connectivity index (χ2n) is 3.73. The molecule has 0 saturated carbocycles. The molecule has 1 heterocycles. The average molecular weight is 282 g/mol. The molecule has 0 aliphatic carbocycles. The van der Waals surface area contributed by atoms with Crippen molar-refractivity contribution in [2.45, 2.75) is 0 Å². The number of aromatic nitrogens is 1. The molecule has 0 aliphatic rings. The van der Waals surface area contributed by atoms with Crippen molar-refractivity contribution in [1.82, 2.24) is 4.98 Å². The van der Waals surface area contributed by atoms with Gasteiger partial charge in [-0.3, -0.25) is 0 Å². The van der Waals surface area contributed by atoms with Gasteiger partial charge >= 0.3 is 0 Å². The van der Waals surface area contributed by atoms with Crippen molar-refractivity contribution < 1.29 is 8.78 Å². The van der Waals surface area contributed by atoms with E-state index >= 15 is 0 Å². The van der Waals surface area contributed by atoms with Gasteiger partial charge in [0.15, 0.2) is 0 Å². The number of hydrogen-bond donors (Lipinski definition) is 0. The van der Waals surface area contributed by atoms with Gasteiger partial charge in [-0.05, 0) is 30.3 Å². The molecular weight excluding hydrogens is 276 g/mol. The fourth-order valence-electron chi connectivity index (χ4n) is 1.71.